The Labute approximate surface area is 185 Å². The van der Waals surface area contributed by atoms with Crippen molar-refractivity contribution in [3.8, 4) is 0 Å². The highest BCUT2D eigenvalue weighted by molar-refractivity contribution is 6.46. The average Bonchev–Trinajstić information content (AvgIpc) is 3.09. The Kier molecular flexibility index (Phi) is 5.00. The molecule has 5 rings (SSSR count). The van der Waals surface area contributed by atoms with Crippen LogP contribution in [0.25, 0.3) is 16.5 Å². The van der Waals surface area contributed by atoms with E-state index in [1.54, 1.807) is 24.5 Å². The molecule has 156 valence electrons. The number of hydrogen-bond acceptors (Lipinski definition) is 4. The lowest BCUT2D eigenvalue weighted by Crippen LogP contribution is -2.29. The van der Waals surface area contributed by atoms with Crippen LogP contribution >= 0.6 is 0 Å². The zero-order valence-corrected chi connectivity index (χ0v) is 17.2. The van der Waals surface area contributed by atoms with Gasteiger partial charge in [-0.2, -0.15) is 0 Å². The van der Waals surface area contributed by atoms with Gasteiger partial charge >= 0.3 is 0 Å². The van der Waals surface area contributed by atoms with Gasteiger partial charge in [0.1, 0.15) is 5.76 Å². The fourth-order valence-electron chi connectivity index (χ4n) is 4.21. The Balaban J connectivity index is 1.66. The molecule has 4 aromatic rings. The van der Waals surface area contributed by atoms with Crippen LogP contribution in [0.4, 0.5) is 0 Å². The van der Waals surface area contributed by atoms with Gasteiger partial charge in [0, 0.05) is 24.5 Å². The van der Waals surface area contributed by atoms with Crippen LogP contribution in [-0.4, -0.2) is 26.7 Å². The first kappa shape index (κ1) is 19.7. The second-order valence-electron chi connectivity index (χ2n) is 7.76. The summed E-state index contributed by atoms with van der Waals surface area (Å²) in [7, 11) is 0. The summed E-state index contributed by atoms with van der Waals surface area (Å²) in [4.78, 5) is 31.8. The summed E-state index contributed by atoms with van der Waals surface area (Å²) in [5.74, 6) is -1.49. The van der Waals surface area contributed by atoms with Gasteiger partial charge in [-0.25, -0.2) is 0 Å². The largest absolute Gasteiger partial charge is 0.507 e. The third-order valence-corrected chi connectivity index (χ3v) is 5.75. The molecule has 1 aliphatic rings. The molecule has 0 spiro atoms. The number of aliphatic hydroxyl groups excluding tert-OH is 1. The van der Waals surface area contributed by atoms with Crippen LogP contribution in [0.15, 0.2) is 103 Å². The number of benzene rings is 3. The fraction of sp³-hybridized carbons (Fsp3) is 0.0741. The minimum absolute atomic E-state index is 0.0976. The van der Waals surface area contributed by atoms with Crippen LogP contribution in [0.1, 0.15) is 22.7 Å². The van der Waals surface area contributed by atoms with Crippen molar-refractivity contribution >= 4 is 28.2 Å². The normalized spacial score (nSPS) is 17.8. The summed E-state index contributed by atoms with van der Waals surface area (Å²) in [6, 6.07) is 25.6. The van der Waals surface area contributed by atoms with E-state index in [-0.39, 0.29) is 17.9 Å². The molecular formula is C27H20N2O3. The Morgan fingerprint density at radius 1 is 0.875 bits per heavy atom. The highest BCUT2D eigenvalue weighted by Crippen LogP contribution is 2.40. The van der Waals surface area contributed by atoms with Gasteiger partial charge in [-0.1, -0.05) is 72.8 Å². The molecule has 0 aliphatic carbocycles. The molecular weight excluding hydrogens is 400 g/mol. The van der Waals surface area contributed by atoms with Crippen LogP contribution in [0.3, 0.4) is 0 Å². The standard InChI is InChI=1S/C27H20N2O3/c30-25(22-13-12-19-8-4-5-11-21(19)15-22)23-24(20-9-2-1-3-10-20)29(27(32)26(23)31)17-18-7-6-14-28-16-18/h1-16,24,30H,17H2/b25-23-. The molecule has 5 nitrogen and oxygen atoms in total. The lowest BCUT2D eigenvalue weighted by Gasteiger charge is -2.25. The number of ketones is 1. The van der Waals surface area contributed by atoms with Crippen LogP contribution in [-0.2, 0) is 16.1 Å². The maximum absolute atomic E-state index is 13.1. The molecule has 3 aromatic carbocycles. The van der Waals surface area contributed by atoms with Crippen LogP contribution in [0.5, 0.6) is 0 Å². The quantitative estimate of drug-likeness (QED) is 0.291. The third kappa shape index (κ3) is 3.44. The van der Waals surface area contributed by atoms with Gasteiger partial charge in [0.05, 0.1) is 11.6 Å². The zero-order chi connectivity index (χ0) is 22.1. The maximum Gasteiger partial charge on any atom is 0.295 e. The van der Waals surface area contributed by atoms with E-state index in [0.29, 0.717) is 5.56 Å². The number of aliphatic hydroxyl groups is 1. The molecule has 1 saturated heterocycles. The van der Waals surface area contributed by atoms with Crippen molar-refractivity contribution in [3.05, 3.63) is 120 Å². The SMILES string of the molecule is O=C1C(=O)N(Cc2cccnc2)C(c2ccccc2)/C1=C(/O)c1ccc2ccccc2c1. The predicted molar refractivity (Wildman–Crippen MR) is 122 cm³/mol. The van der Waals surface area contributed by atoms with E-state index in [1.165, 1.54) is 4.90 Å². The molecule has 0 saturated carbocycles. The molecule has 1 N–H and O–H groups in total. The molecule has 1 aliphatic heterocycles. The van der Waals surface area contributed by atoms with E-state index in [1.807, 2.05) is 72.8 Å². The third-order valence-electron chi connectivity index (χ3n) is 5.75. The van der Waals surface area contributed by atoms with Gasteiger partial charge in [-0.05, 0) is 34.0 Å². The first-order chi connectivity index (χ1) is 15.6. The summed E-state index contributed by atoms with van der Waals surface area (Å²) < 4.78 is 0. The van der Waals surface area contributed by atoms with Gasteiger partial charge in [0.15, 0.2) is 0 Å². The first-order valence-electron chi connectivity index (χ1n) is 10.3. The smallest absolute Gasteiger partial charge is 0.295 e. The van der Waals surface area contributed by atoms with Gasteiger partial charge < -0.3 is 10.0 Å². The van der Waals surface area contributed by atoms with Gasteiger partial charge in [-0.3, -0.25) is 14.6 Å². The summed E-state index contributed by atoms with van der Waals surface area (Å²) in [5.41, 5.74) is 2.17. The highest BCUT2D eigenvalue weighted by Gasteiger charge is 2.46. The fourth-order valence-corrected chi connectivity index (χ4v) is 4.21. The van der Waals surface area contributed by atoms with E-state index in [9.17, 15) is 14.7 Å². The number of amides is 1. The number of carbonyl (C=O) groups is 2. The Hall–Kier alpha value is -4.25. The Morgan fingerprint density at radius 2 is 1.62 bits per heavy atom. The molecule has 1 atom stereocenters. The molecule has 0 radical (unpaired) electrons. The Bertz CT molecular complexity index is 1350. The highest BCUT2D eigenvalue weighted by atomic mass is 16.3. The van der Waals surface area contributed by atoms with Crippen molar-refractivity contribution in [3.63, 3.8) is 0 Å². The minimum Gasteiger partial charge on any atom is -0.507 e. The molecule has 5 heteroatoms. The van der Waals surface area contributed by atoms with E-state index >= 15 is 0 Å². The van der Waals surface area contributed by atoms with Crippen molar-refractivity contribution in [2.45, 2.75) is 12.6 Å². The first-order valence-corrected chi connectivity index (χ1v) is 10.3. The number of likely N-dealkylation sites (tertiary alicyclic amines) is 1. The second kappa shape index (κ2) is 8.12. The van der Waals surface area contributed by atoms with Gasteiger partial charge in [-0.15, -0.1) is 0 Å². The minimum atomic E-state index is -0.692. The number of hydrogen-bond donors (Lipinski definition) is 1. The van der Waals surface area contributed by atoms with Crippen LogP contribution in [0.2, 0.25) is 0 Å². The van der Waals surface area contributed by atoms with Crippen molar-refractivity contribution < 1.29 is 14.7 Å². The summed E-state index contributed by atoms with van der Waals surface area (Å²) in [6.45, 7) is 0.215. The van der Waals surface area contributed by atoms with Gasteiger partial charge in [0.25, 0.3) is 11.7 Å². The predicted octanol–water partition coefficient (Wildman–Crippen LogP) is 4.86. The number of rotatable bonds is 4. The molecule has 32 heavy (non-hydrogen) atoms. The molecule has 0 bridgehead atoms. The summed E-state index contributed by atoms with van der Waals surface area (Å²) in [6.07, 6.45) is 3.33. The van der Waals surface area contributed by atoms with Crippen molar-refractivity contribution in [2.75, 3.05) is 0 Å². The van der Waals surface area contributed by atoms with E-state index in [0.717, 1.165) is 21.9 Å². The average molecular weight is 420 g/mol. The number of aromatic nitrogens is 1. The number of fused-ring (bicyclic) bond motifs is 1. The topological polar surface area (TPSA) is 70.5 Å². The number of carbonyl (C=O) groups excluding carboxylic acids is 2. The monoisotopic (exact) mass is 420 g/mol. The molecule has 1 aromatic heterocycles. The number of pyridine rings is 1. The second-order valence-corrected chi connectivity index (χ2v) is 7.76. The van der Waals surface area contributed by atoms with Crippen LogP contribution in [0, 0.1) is 0 Å². The number of Topliss-reactive ketones (excluding diaryl/α,β-unsaturated/α-hetero) is 1. The van der Waals surface area contributed by atoms with E-state index < -0.39 is 17.7 Å². The van der Waals surface area contributed by atoms with Crippen LogP contribution < -0.4 is 0 Å². The van der Waals surface area contributed by atoms with E-state index in [4.69, 9.17) is 0 Å². The molecule has 1 unspecified atom stereocenters. The number of nitrogens with zero attached hydrogens (tertiary/aromatic N) is 2. The van der Waals surface area contributed by atoms with Crippen molar-refractivity contribution in [2.24, 2.45) is 0 Å². The molecule has 2 heterocycles. The lowest BCUT2D eigenvalue weighted by molar-refractivity contribution is -0.140. The zero-order valence-electron chi connectivity index (χ0n) is 17.2. The molecule has 1 fully saturated rings. The molecule has 1 amide bonds. The summed E-state index contributed by atoms with van der Waals surface area (Å²) in [5, 5.41) is 13.2. The van der Waals surface area contributed by atoms with Gasteiger partial charge in [0.2, 0.25) is 0 Å². The summed E-state index contributed by atoms with van der Waals surface area (Å²) >= 11 is 0. The van der Waals surface area contributed by atoms with E-state index in [2.05, 4.69) is 4.98 Å². The maximum atomic E-state index is 13.1. The van der Waals surface area contributed by atoms with Crippen molar-refractivity contribution in [1.82, 2.24) is 9.88 Å². The Morgan fingerprint density at radius 3 is 2.38 bits per heavy atom. The lowest BCUT2D eigenvalue weighted by atomic mass is 9.94. The van der Waals surface area contributed by atoms with Crippen molar-refractivity contribution in [1.29, 1.82) is 0 Å².